The first-order valence-electron chi connectivity index (χ1n) is 11.6. The zero-order chi connectivity index (χ0) is 25.6. The largest absolute Gasteiger partial charge is 0.494 e. The highest BCUT2D eigenvalue weighted by Gasteiger charge is 2.49. The fraction of sp³-hybridized carbons (Fsp3) is 0.385. The zero-order valence-electron chi connectivity index (χ0n) is 20.4. The number of rotatable bonds is 10. The molecule has 1 saturated heterocycles. The first-order chi connectivity index (χ1) is 16.6. The van der Waals surface area contributed by atoms with E-state index in [1.165, 1.54) is 12.1 Å². The Kier molecular flexibility index (Phi) is 8.11. The molecule has 2 N–H and O–H groups in total. The topological polar surface area (TPSA) is 114 Å². The van der Waals surface area contributed by atoms with Crippen LogP contribution in [-0.4, -0.2) is 48.5 Å². The number of hydrogen-bond donors (Lipinski definition) is 2. The summed E-state index contributed by atoms with van der Waals surface area (Å²) in [5, 5.41) is 5.32. The minimum atomic E-state index is -1.30. The number of carbonyl (C=O) groups is 4. The van der Waals surface area contributed by atoms with Crippen molar-refractivity contribution in [2.45, 2.75) is 39.7 Å². The van der Waals surface area contributed by atoms with Crippen molar-refractivity contribution in [3.05, 3.63) is 59.7 Å². The molecule has 1 aliphatic rings. The number of ether oxygens (including phenoxy) is 2. The van der Waals surface area contributed by atoms with Gasteiger partial charge < -0.3 is 20.1 Å². The van der Waals surface area contributed by atoms with Crippen molar-refractivity contribution in [1.82, 2.24) is 10.2 Å². The average molecular weight is 482 g/mol. The summed E-state index contributed by atoms with van der Waals surface area (Å²) >= 11 is 0. The normalized spacial score (nSPS) is 17.3. The minimum Gasteiger partial charge on any atom is -0.494 e. The first kappa shape index (κ1) is 25.7. The van der Waals surface area contributed by atoms with E-state index in [4.69, 9.17) is 9.47 Å². The molecule has 2 aromatic rings. The highest BCUT2D eigenvalue weighted by molar-refractivity contribution is 6.10. The highest BCUT2D eigenvalue weighted by Crippen LogP contribution is 2.30. The van der Waals surface area contributed by atoms with E-state index >= 15 is 0 Å². The molecule has 1 aliphatic heterocycles. The molecule has 0 aromatic heterocycles. The summed E-state index contributed by atoms with van der Waals surface area (Å²) in [6.45, 7) is 7.97. The SMILES string of the molecule is CCOC(=O)c1ccc(NC(=O)CN2C(=O)N[C@](C)(c3ccc(OCCC(C)C)cc3)C2=O)cc1. The molecule has 0 radical (unpaired) electrons. The Hall–Kier alpha value is -3.88. The van der Waals surface area contributed by atoms with E-state index < -0.39 is 35.9 Å². The maximum atomic E-state index is 13.1. The molecule has 1 atom stereocenters. The van der Waals surface area contributed by atoms with Gasteiger partial charge in [-0.3, -0.25) is 14.5 Å². The van der Waals surface area contributed by atoms with Crippen LogP contribution >= 0.6 is 0 Å². The molecule has 0 spiro atoms. The van der Waals surface area contributed by atoms with Crippen LogP contribution in [0.15, 0.2) is 48.5 Å². The van der Waals surface area contributed by atoms with Gasteiger partial charge in [0, 0.05) is 5.69 Å². The van der Waals surface area contributed by atoms with E-state index in [-0.39, 0.29) is 6.61 Å². The van der Waals surface area contributed by atoms with Crippen molar-refractivity contribution < 1.29 is 28.7 Å². The van der Waals surface area contributed by atoms with Gasteiger partial charge in [0.15, 0.2) is 0 Å². The van der Waals surface area contributed by atoms with Crippen molar-refractivity contribution in [2.75, 3.05) is 25.1 Å². The predicted octanol–water partition coefficient (Wildman–Crippen LogP) is 3.69. The smallest absolute Gasteiger partial charge is 0.338 e. The summed E-state index contributed by atoms with van der Waals surface area (Å²) < 4.78 is 10.6. The van der Waals surface area contributed by atoms with Gasteiger partial charge in [0.1, 0.15) is 17.8 Å². The lowest BCUT2D eigenvalue weighted by Crippen LogP contribution is -2.42. The third kappa shape index (κ3) is 6.17. The Morgan fingerprint density at radius 3 is 2.31 bits per heavy atom. The van der Waals surface area contributed by atoms with Crippen molar-refractivity contribution in [3.63, 3.8) is 0 Å². The van der Waals surface area contributed by atoms with Gasteiger partial charge in [0.25, 0.3) is 5.91 Å². The van der Waals surface area contributed by atoms with Crippen molar-refractivity contribution >= 4 is 29.5 Å². The summed E-state index contributed by atoms with van der Waals surface area (Å²) in [5.41, 5.74) is 0.0660. The third-order valence-electron chi connectivity index (χ3n) is 5.65. The van der Waals surface area contributed by atoms with Crippen LogP contribution in [0.2, 0.25) is 0 Å². The zero-order valence-corrected chi connectivity index (χ0v) is 20.4. The second-order valence-corrected chi connectivity index (χ2v) is 8.85. The Bertz CT molecular complexity index is 1080. The summed E-state index contributed by atoms with van der Waals surface area (Å²) in [7, 11) is 0. The van der Waals surface area contributed by atoms with Crippen LogP contribution in [0.1, 0.15) is 50.0 Å². The van der Waals surface area contributed by atoms with Gasteiger partial charge in [-0.25, -0.2) is 9.59 Å². The van der Waals surface area contributed by atoms with Crippen LogP contribution in [0.25, 0.3) is 0 Å². The average Bonchev–Trinajstić information content (AvgIpc) is 3.03. The van der Waals surface area contributed by atoms with Gasteiger partial charge in [-0.05, 0) is 68.1 Å². The van der Waals surface area contributed by atoms with Gasteiger partial charge in [0.2, 0.25) is 5.91 Å². The van der Waals surface area contributed by atoms with E-state index in [1.54, 1.807) is 50.2 Å². The minimum absolute atomic E-state index is 0.262. The summed E-state index contributed by atoms with van der Waals surface area (Å²) in [6, 6.07) is 12.5. The lowest BCUT2D eigenvalue weighted by atomic mass is 9.92. The van der Waals surface area contributed by atoms with Crippen LogP contribution in [0.4, 0.5) is 10.5 Å². The molecule has 186 valence electrons. The van der Waals surface area contributed by atoms with Crippen LogP contribution in [0, 0.1) is 5.92 Å². The Labute approximate surface area is 204 Å². The monoisotopic (exact) mass is 481 g/mol. The summed E-state index contributed by atoms with van der Waals surface area (Å²) in [4.78, 5) is 50.8. The van der Waals surface area contributed by atoms with Crippen LogP contribution in [0.3, 0.4) is 0 Å². The van der Waals surface area contributed by atoms with E-state index in [2.05, 4.69) is 24.5 Å². The molecule has 1 fully saturated rings. The van der Waals surface area contributed by atoms with Crippen LogP contribution in [-0.2, 0) is 19.9 Å². The molecule has 2 aromatic carbocycles. The number of amides is 4. The molecular weight excluding hydrogens is 450 g/mol. The molecule has 3 rings (SSSR count). The number of imide groups is 1. The van der Waals surface area contributed by atoms with E-state index in [9.17, 15) is 19.2 Å². The number of anilines is 1. The molecule has 9 heteroatoms. The van der Waals surface area contributed by atoms with Gasteiger partial charge in [-0.15, -0.1) is 0 Å². The lowest BCUT2D eigenvalue weighted by molar-refractivity contribution is -0.133. The summed E-state index contributed by atoms with van der Waals surface area (Å²) in [6.07, 6.45) is 0.931. The van der Waals surface area contributed by atoms with Gasteiger partial charge in [-0.1, -0.05) is 26.0 Å². The van der Waals surface area contributed by atoms with E-state index in [0.717, 1.165) is 11.3 Å². The number of carbonyl (C=O) groups excluding carboxylic acids is 4. The summed E-state index contributed by atoms with van der Waals surface area (Å²) in [5.74, 6) is -0.315. The first-order valence-corrected chi connectivity index (χ1v) is 11.6. The molecule has 0 saturated carbocycles. The van der Waals surface area contributed by atoms with Gasteiger partial charge in [0.05, 0.1) is 18.8 Å². The maximum Gasteiger partial charge on any atom is 0.338 e. The molecule has 35 heavy (non-hydrogen) atoms. The van der Waals surface area contributed by atoms with Crippen molar-refractivity contribution in [2.24, 2.45) is 5.92 Å². The number of urea groups is 1. The number of nitrogens with zero attached hydrogens (tertiary/aromatic N) is 1. The Morgan fingerprint density at radius 2 is 1.71 bits per heavy atom. The Balaban J connectivity index is 1.61. The highest BCUT2D eigenvalue weighted by atomic mass is 16.5. The van der Waals surface area contributed by atoms with Gasteiger partial charge in [-0.2, -0.15) is 0 Å². The molecule has 0 aliphatic carbocycles. The standard InChI is InChI=1S/C26H31N3O6/c1-5-34-23(31)18-6-10-20(11-7-18)27-22(30)16-29-24(32)26(4,28-25(29)33)19-8-12-21(13-9-19)35-15-14-17(2)3/h6-13,17H,5,14-16H2,1-4H3,(H,27,30)(H,28,33)/t26-/m1/s1. The molecule has 4 amide bonds. The van der Waals surface area contributed by atoms with Crippen LogP contribution in [0.5, 0.6) is 5.75 Å². The number of hydrogen-bond acceptors (Lipinski definition) is 6. The van der Waals surface area contributed by atoms with Crippen molar-refractivity contribution in [1.29, 1.82) is 0 Å². The number of esters is 1. The lowest BCUT2D eigenvalue weighted by Gasteiger charge is -2.22. The van der Waals surface area contributed by atoms with Gasteiger partial charge >= 0.3 is 12.0 Å². The van der Waals surface area contributed by atoms with Crippen molar-refractivity contribution in [3.8, 4) is 5.75 Å². The van der Waals surface area contributed by atoms with E-state index in [1.807, 2.05) is 0 Å². The molecule has 0 bridgehead atoms. The quantitative estimate of drug-likeness (QED) is 0.395. The predicted molar refractivity (Wildman–Crippen MR) is 130 cm³/mol. The number of nitrogens with one attached hydrogen (secondary N) is 2. The third-order valence-corrected chi connectivity index (χ3v) is 5.65. The molecule has 1 heterocycles. The second kappa shape index (κ2) is 11.0. The second-order valence-electron chi connectivity index (χ2n) is 8.85. The molecule has 0 unspecified atom stereocenters. The Morgan fingerprint density at radius 1 is 1.06 bits per heavy atom. The van der Waals surface area contributed by atoms with Crippen LogP contribution < -0.4 is 15.4 Å². The maximum absolute atomic E-state index is 13.1. The van der Waals surface area contributed by atoms with E-state index in [0.29, 0.717) is 35.1 Å². The number of benzene rings is 2. The fourth-order valence-corrected chi connectivity index (χ4v) is 3.58. The molecular formula is C26H31N3O6. The fourth-order valence-electron chi connectivity index (χ4n) is 3.58. The molecule has 9 nitrogen and oxygen atoms in total.